The third-order valence-corrected chi connectivity index (χ3v) is 2.88. The van der Waals surface area contributed by atoms with Gasteiger partial charge in [-0.25, -0.2) is 0 Å². The third-order valence-electron chi connectivity index (χ3n) is 2.88. The number of Topliss-reactive ketones (excluding diaryl/α,β-unsaturated/α-hetero) is 2. The lowest BCUT2D eigenvalue weighted by Crippen LogP contribution is -2.28. The molecule has 0 aliphatic rings. The Hall–Kier alpha value is -0.660. The molecule has 0 rings (SSSR count). The monoisotopic (exact) mass is 226 g/mol. The minimum Gasteiger partial charge on any atom is -0.299 e. The zero-order valence-corrected chi connectivity index (χ0v) is 11.6. The fourth-order valence-corrected chi connectivity index (χ4v) is 1.69. The molecule has 0 N–H and O–H groups in total. The summed E-state index contributed by atoms with van der Waals surface area (Å²) in [5.41, 5.74) is -0.330. The quantitative estimate of drug-likeness (QED) is 0.693. The molecule has 0 aliphatic carbocycles. The first-order valence-electron chi connectivity index (χ1n) is 6.27. The van der Waals surface area contributed by atoms with Gasteiger partial charge in [-0.3, -0.25) is 9.59 Å². The van der Waals surface area contributed by atoms with Crippen LogP contribution < -0.4 is 0 Å². The Morgan fingerprint density at radius 2 is 1.62 bits per heavy atom. The molecule has 2 nitrogen and oxygen atoms in total. The molecule has 0 amide bonds. The van der Waals surface area contributed by atoms with E-state index in [2.05, 4.69) is 6.92 Å². The summed E-state index contributed by atoms with van der Waals surface area (Å²) in [7, 11) is 0. The van der Waals surface area contributed by atoms with E-state index in [1.165, 1.54) is 0 Å². The maximum Gasteiger partial charge on any atom is 0.138 e. The van der Waals surface area contributed by atoms with Crippen LogP contribution in [0.2, 0.25) is 0 Å². The molecule has 1 atom stereocenters. The van der Waals surface area contributed by atoms with Gasteiger partial charge in [0.25, 0.3) is 0 Å². The number of hydrogen-bond donors (Lipinski definition) is 0. The molecule has 94 valence electrons. The van der Waals surface area contributed by atoms with E-state index in [1.807, 2.05) is 34.6 Å². The zero-order valence-electron chi connectivity index (χ0n) is 11.6. The van der Waals surface area contributed by atoms with Gasteiger partial charge in [-0.05, 0) is 6.42 Å². The highest BCUT2D eigenvalue weighted by molar-refractivity contribution is 5.91. The molecule has 0 saturated heterocycles. The van der Waals surface area contributed by atoms with Crippen molar-refractivity contribution in [3.8, 4) is 0 Å². The summed E-state index contributed by atoms with van der Waals surface area (Å²) < 4.78 is 0. The first-order valence-corrected chi connectivity index (χ1v) is 6.27. The SMILES string of the molecule is CCCC(CC(=O)C(C)(C)C)C(=O)C(C)C. The van der Waals surface area contributed by atoms with Crippen molar-refractivity contribution >= 4 is 11.6 Å². The number of ketones is 2. The molecule has 1 unspecified atom stereocenters. The van der Waals surface area contributed by atoms with Crippen LogP contribution in [0.5, 0.6) is 0 Å². The maximum absolute atomic E-state index is 11.9. The highest BCUT2D eigenvalue weighted by Gasteiger charge is 2.28. The molecule has 0 heterocycles. The second kappa shape index (κ2) is 6.17. The Kier molecular flexibility index (Phi) is 5.91. The summed E-state index contributed by atoms with van der Waals surface area (Å²) in [4.78, 5) is 23.9. The minimum atomic E-state index is -0.330. The van der Waals surface area contributed by atoms with Crippen molar-refractivity contribution in [1.82, 2.24) is 0 Å². The summed E-state index contributed by atoms with van der Waals surface area (Å²) >= 11 is 0. The molecule has 0 fully saturated rings. The van der Waals surface area contributed by atoms with E-state index in [0.29, 0.717) is 6.42 Å². The number of carbonyl (C=O) groups is 2. The molecule has 0 aliphatic heterocycles. The van der Waals surface area contributed by atoms with E-state index in [1.54, 1.807) is 0 Å². The Morgan fingerprint density at radius 1 is 1.12 bits per heavy atom. The van der Waals surface area contributed by atoms with E-state index in [0.717, 1.165) is 12.8 Å². The van der Waals surface area contributed by atoms with Crippen LogP contribution in [0.15, 0.2) is 0 Å². The van der Waals surface area contributed by atoms with E-state index < -0.39 is 0 Å². The number of rotatable bonds is 6. The number of carbonyl (C=O) groups excluding carboxylic acids is 2. The largest absolute Gasteiger partial charge is 0.299 e. The van der Waals surface area contributed by atoms with Gasteiger partial charge in [-0.1, -0.05) is 48.0 Å². The average Bonchev–Trinajstić information content (AvgIpc) is 2.14. The normalized spacial score (nSPS) is 13.9. The first-order chi connectivity index (χ1) is 7.20. The van der Waals surface area contributed by atoms with Crippen molar-refractivity contribution in [3.63, 3.8) is 0 Å². The summed E-state index contributed by atoms with van der Waals surface area (Å²) in [6, 6.07) is 0. The highest BCUT2D eigenvalue weighted by Crippen LogP contribution is 2.24. The average molecular weight is 226 g/mol. The van der Waals surface area contributed by atoms with Crippen molar-refractivity contribution in [1.29, 1.82) is 0 Å². The summed E-state index contributed by atoms with van der Waals surface area (Å²) in [5.74, 6) is 0.389. The van der Waals surface area contributed by atoms with Crippen LogP contribution in [0.25, 0.3) is 0 Å². The molecule has 0 aromatic rings. The smallest absolute Gasteiger partial charge is 0.138 e. The standard InChI is InChI=1S/C14H26O2/c1-7-8-11(13(16)10(2)3)9-12(15)14(4,5)6/h10-11H,7-9H2,1-6H3. The Bertz CT molecular complexity index is 244. The molecular formula is C14H26O2. The second-order valence-electron chi connectivity index (χ2n) is 5.92. The summed E-state index contributed by atoms with van der Waals surface area (Å²) in [6.45, 7) is 11.6. The van der Waals surface area contributed by atoms with Gasteiger partial charge in [0.2, 0.25) is 0 Å². The van der Waals surface area contributed by atoms with Crippen molar-refractivity contribution in [2.45, 2.75) is 60.8 Å². The van der Waals surface area contributed by atoms with E-state index in [9.17, 15) is 9.59 Å². The lowest BCUT2D eigenvalue weighted by atomic mass is 9.80. The molecule has 0 saturated carbocycles. The van der Waals surface area contributed by atoms with Gasteiger partial charge < -0.3 is 0 Å². The maximum atomic E-state index is 11.9. The van der Waals surface area contributed by atoms with Crippen molar-refractivity contribution in [2.75, 3.05) is 0 Å². The van der Waals surface area contributed by atoms with Crippen molar-refractivity contribution < 1.29 is 9.59 Å². The van der Waals surface area contributed by atoms with Crippen LogP contribution >= 0.6 is 0 Å². The summed E-state index contributed by atoms with van der Waals surface area (Å²) in [6.07, 6.45) is 2.20. The molecular weight excluding hydrogens is 200 g/mol. The fourth-order valence-electron chi connectivity index (χ4n) is 1.69. The minimum absolute atomic E-state index is 0.0318. The highest BCUT2D eigenvalue weighted by atomic mass is 16.1. The molecule has 2 heteroatoms. The summed E-state index contributed by atoms with van der Waals surface area (Å²) in [5, 5.41) is 0. The predicted octanol–water partition coefficient (Wildman–Crippen LogP) is 3.63. The van der Waals surface area contributed by atoms with Gasteiger partial charge in [0.05, 0.1) is 0 Å². The van der Waals surface area contributed by atoms with Crippen LogP contribution in [0.1, 0.15) is 60.8 Å². The van der Waals surface area contributed by atoms with Gasteiger partial charge >= 0.3 is 0 Å². The predicted molar refractivity (Wildman–Crippen MR) is 67.3 cm³/mol. The van der Waals surface area contributed by atoms with Crippen molar-refractivity contribution in [2.24, 2.45) is 17.3 Å². The molecule has 0 radical (unpaired) electrons. The topological polar surface area (TPSA) is 34.1 Å². The van der Waals surface area contributed by atoms with Crippen LogP contribution in [0, 0.1) is 17.3 Å². The van der Waals surface area contributed by atoms with Gasteiger partial charge in [0.15, 0.2) is 0 Å². The second-order valence-corrected chi connectivity index (χ2v) is 5.92. The third kappa shape index (κ3) is 4.91. The molecule has 0 bridgehead atoms. The van der Waals surface area contributed by atoms with Crippen molar-refractivity contribution in [3.05, 3.63) is 0 Å². The zero-order chi connectivity index (χ0) is 12.9. The van der Waals surface area contributed by atoms with Gasteiger partial charge in [0, 0.05) is 23.7 Å². The first kappa shape index (κ1) is 15.3. The molecule has 0 aromatic heterocycles. The Morgan fingerprint density at radius 3 is 1.94 bits per heavy atom. The van der Waals surface area contributed by atoms with Crippen LogP contribution in [-0.4, -0.2) is 11.6 Å². The van der Waals surface area contributed by atoms with E-state index in [4.69, 9.17) is 0 Å². The van der Waals surface area contributed by atoms with Crippen LogP contribution in [0.4, 0.5) is 0 Å². The lowest BCUT2D eigenvalue weighted by Gasteiger charge is -2.22. The lowest BCUT2D eigenvalue weighted by molar-refractivity contribution is -0.133. The molecule has 0 spiro atoms. The molecule has 16 heavy (non-hydrogen) atoms. The Balaban J connectivity index is 4.58. The molecule has 0 aromatic carbocycles. The van der Waals surface area contributed by atoms with Crippen LogP contribution in [-0.2, 0) is 9.59 Å². The fraction of sp³-hybridized carbons (Fsp3) is 0.857. The number of hydrogen-bond acceptors (Lipinski definition) is 2. The van der Waals surface area contributed by atoms with E-state index >= 15 is 0 Å². The van der Waals surface area contributed by atoms with Gasteiger partial charge in [0.1, 0.15) is 11.6 Å². The van der Waals surface area contributed by atoms with Crippen LogP contribution in [0.3, 0.4) is 0 Å². The van der Waals surface area contributed by atoms with E-state index in [-0.39, 0.29) is 28.8 Å². The van der Waals surface area contributed by atoms with Gasteiger partial charge in [-0.2, -0.15) is 0 Å². The van der Waals surface area contributed by atoms with Gasteiger partial charge in [-0.15, -0.1) is 0 Å². The Labute approximate surface area is 99.8 Å².